The van der Waals surface area contributed by atoms with Crippen LogP contribution in [0, 0.1) is 12.7 Å². The van der Waals surface area contributed by atoms with Crippen LogP contribution in [0.3, 0.4) is 0 Å². The van der Waals surface area contributed by atoms with Gasteiger partial charge in [0.05, 0.1) is 17.9 Å². The van der Waals surface area contributed by atoms with E-state index in [1.165, 1.54) is 28.7 Å². The molecule has 1 unspecified atom stereocenters. The predicted octanol–water partition coefficient (Wildman–Crippen LogP) is 2.93. The number of hydrogen-bond acceptors (Lipinski definition) is 8. The van der Waals surface area contributed by atoms with Gasteiger partial charge in [-0.2, -0.15) is 5.10 Å². The first-order chi connectivity index (χ1) is 13.4. The molecule has 4 aromatic rings. The van der Waals surface area contributed by atoms with Crippen molar-refractivity contribution in [2.75, 3.05) is 0 Å². The molecule has 1 atom stereocenters. The number of hydrogen-bond donors (Lipinski definition) is 1. The Morgan fingerprint density at radius 3 is 2.86 bits per heavy atom. The molecule has 4 aromatic heterocycles. The van der Waals surface area contributed by atoms with Crippen molar-refractivity contribution in [1.29, 1.82) is 0 Å². The van der Waals surface area contributed by atoms with Crippen LogP contribution in [0.1, 0.15) is 39.0 Å². The van der Waals surface area contributed by atoms with Gasteiger partial charge >= 0.3 is 0 Å². The zero-order valence-corrected chi connectivity index (χ0v) is 16.8. The summed E-state index contributed by atoms with van der Waals surface area (Å²) in [7, 11) is 0. The number of nitrogens with zero attached hydrogens (tertiary/aromatic N) is 6. The lowest BCUT2D eigenvalue weighted by Crippen LogP contribution is -2.22. The number of pyridine rings is 1. The van der Waals surface area contributed by atoms with Gasteiger partial charge in [-0.15, -0.1) is 21.5 Å². The van der Waals surface area contributed by atoms with Crippen LogP contribution < -0.4 is 0 Å². The number of thiazole rings is 1. The summed E-state index contributed by atoms with van der Waals surface area (Å²) in [4.78, 5) is 8.40. The summed E-state index contributed by atoms with van der Waals surface area (Å²) in [5.41, 5.74) is 0.707. The summed E-state index contributed by atoms with van der Waals surface area (Å²) in [6, 6.07) is 4.79. The van der Waals surface area contributed by atoms with E-state index in [4.69, 9.17) is 0 Å². The van der Waals surface area contributed by atoms with E-state index in [9.17, 15) is 9.50 Å². The average Bonchev–Trinajstić information content (AvgIpc) is 3.39. The second kappa shape index (κ2) is 7.46. The lowest BCUT2D eigenvalue weighted by Gasteiger charge is -2.16. The van der Waals surface area contributed by atoms with Crippen molar-refractivity contribution in [3.05, 3.63) is 73.9 Å². The Bertz CT molecular complexity index is 1100. The molecule has 144 valence electrons. The second-order valence-corrected chi connectivity index (χ2v) is 8.40. The molecular formula is C18H17FN6OS2. The van der Waals surface area contributed by atoms with Gasteiger partial charge in [0.25, 0.3) is 0 Å². The fourth-order valence-electron chi connectivity index (χ4n) is 2.62. The molecule has 10 heteroatoms. The van der Waals surface area contributed by atoms with Crippen LogP contribution in [0.15, 0.2) is 36.0 Å². The molecule has 1 N–H and O–H groups in total. The molecule has 4 heterocycles. The van der Waals surface area contributed by atoms with E-state index in [1.54, 1.807) is 30.1 Å². The van der Waals surface area contributed by atoms with Crippen molar-refractivity contribution in [3.63, 3.8) is 0 Å². The molecule has 0 bridgehead atoms. The van der Waals surface area contributed by atoms with Crippen LogP contribution in [0.4, 0.5) is 4.39 Å². The van der Waals surface area contributed by atoms with Gasteiger partial charge in [0.2, 0.25) is 0 Å². The van der Waals surface area contributed by atoms with Crippen molar-refractivity contribution in [2.24, 2.45) is 0 Å². The van der Waals surface area contributed by atoms with Gasteiger partial charge in [-0.25, -0.2) is 9.37 Å². The molecule has 0 fully saturated rings. The average molecular weight is 417 g/mol. The zero-order valence-electron chi connectivity index (χ0n) is 15.2. The maximum Gasteiger partial charge on any atom is 0.166 e. The molecule has 0 aromatic carbocycles. The molecule has 0 aliphatic carbocycles. The van der Waals surface area contributed by atoms with E-state index in [-0.39, 0.29) is 12.4 Å². The number of rotatable bonds is 6. The van der Waals surface area contributed by atoms with Crippen molar-refractivity contribution in [2.45, 2.75) is 32.4 Å². The maximum absolute atomic E-state index is 13.7. The lowest BCUT2D eigenvalue weighted by atomic mass is 10.1. The highest BCUT2D eigenvalue weighted by Crippen LogP contribution is 2.33. The predicted molar refractivity (Wildman–Crippen MR) is 104 cm³/mol. The van der Waals surface area contributed by atoms with Crippen molar-refractivity contribution in [3.8, 4) is 0 Å². The highest BCUT2D eigenvalue weighted by Gasteiger charge is 2.33. The Morgan fingerprint density at radius 1 is 1.25 bits per heavy atom. The van der Waals surface area contributed by atoms with Crippen LogP contribution in [-0.4, -0.2) is 35.1 Å². The molecule has 0 aliphatic heterocycles. The second-order valence-electron chi connectivity index (χ2n) is 6.48. The monoisotopic (exact) mass is 416 g/mol. The fourth-order valence-corrected chi connectivity index (χ4v) is 4.44. The van der Waals surface area contributed by atoms with Gasteiger partial charge in [-0.3, -0.25) is 9.67 Å². The number of aryl methyl sites for hydroxylation is 1. The van der Waals surface area contributed by atoms with Gasteiger partial charge in [0.1, 0.15) is 15.8 Å². The Kier molecular flexibility index (Phi) is 5.00. The number of halogens is 1. The summed E-state index contributed by atoms with van der Waals surface area (Å²) in [6.07, 6.45) is 3.81. The Morgan fingerprint density at radius 2 is 2.11 bits per heavy atom. The highest BCUT2D eigenvalue weighted by atomic mass is 32.1. The summed E-state index contributed by atoms with van der Waals surface area (Å²) in [6.45, 7) is 3.81. The van der Waals surface area contributed by atoms with E-state index < -0.39 is 5.60 Å². The first-order valence-electron chi connectivity index (χ1n) is 8.51. The summed E-state index contributed by atoms with van der Waals surface area (Å²) in [5, 5.41) is 27.3. The number of aromatic nitrogens is 6. The molecule has 4 rings (SSSR count). The molecule has 0 aliphatic rings. The van der Waals surface area contributed by atoms with E-state index in [2.05, 4.69) is 25.3 Å². The quantitative estimate of drug-likeness (QED) is 0.520. The van der Waals surface area contributed by atoms with Gasteiger partial charge in [-0.1, -0.05) is 11.3 Å². The minimum Gasteiger partial charge on any atom is -0.376 e. The molecule has 7 nitrogen and oxygen atoms in total. The van der Waals surface area contributed by atoms with Crippen LogP contribution in [0.25, 0.3) is 0 Å². The summed E-state index contributed by atoms with van der Waals surface area (Å²) < 4.78 is 15.4. The van der Waals surface area contributed by atoms with Crippen LogP contribution in [-0.2, 0) is 18.6 Å². The SMILES string of the molecule is Cc1csc(C(C)(O)c2nnc(Cc3ccn(Cc4ncccc4F)n3)s2)n1. The minimum atomic E-state index is -1.27. The van der Waals surface area contributed by atoms with Crippen LogP contribution >= 0.6 is 22.7 Å². The minimum absolute atomic E-state index is 0.256. The zero-order chi connectivity index (χ0) is 19.7. The first kappa shape index (κ1) is 18.8. The van der Waals surface area contributed by atoms with E-state index in [1.807, 2.05) is 18.4 Å². The van der Waals surface area contributed by atoms with Crippen molar-refractivity contribution in [1.82, 2.24) is 29.9 Å². The largest absolute Gasteiger partial charge is 0.376 e. The third-order valence-corrected chi connectivity index (χ3v) is 6.40. The molecule has 0 spiro atoms. The summed E-state index contributed by atoms with van der Waals surface area (Å²) >= 11 is 2.72. The Balaban J connectivity index is 1.47. The third-order valence-electron chi connectivity index (χ3n) is 4.09. The molecule has 0 saturated carbocycles. The van der Waals surface area contributed by atoms with Crippen LogP contribution in [0.5, 0.6) is 0 Å². The van der Waals surface area contributed by atoms with Crippen molar-refractivity contribution >= 4 is 22.7 Å². The molecular weight excluding hydrogens is 399 g/mol. The standard InChI is InChI=1S/C18H17FN6OS2/c1-11-10-27-16(21-11)18(2,26)17-23-22-15(28-17)8-12-5-7-25(24-12)9-14-13(19)4-3-6-20-14/h3-7,10,26H,8-9H2,1-2H3. The molecule has 0 amide bonds. The molecule has 0 saturated heterocycles. The topological polar surface area (TPSA) is 89.6 Å². The van der Waals surface area contributed by atoms with Gasteiger partial charge < -0.3 is 5.11 Å². The fraction of sp³-hybridized carbons (Fsp3) is 0.278. The third kappa shape index (κ3) is 3.84. The molecule has 28 heavy (non-hydrogen) atoms. The number of aliphatic hydroxyl groups is 1. The van der Waals surface area contributed by atoms with E-state index >= 15 is 0 Å². The Hall–Kier alpha value is -2.56. The lowest BCUT2D eigenvalue weighted by molar-refractivity contribution is 0.101. The highest BCUT2D eigenvalue weighted by molar-refractivity contribution is 7.12. The molecule has 0 radical (unpaired) electrons. The van der Waals surface area contributed by atoms with Gasteiger partial charge in [-0.05, 0) is 32.0 Å². The van der Waals surface area contributed by atoms with Gasteiger partial charge in [0, 0.05) is 29.9 Å². The Labute approximate surface area is 168 Å². The normalized spacial score (nSPS) is 13.6. The van der Waals surface area contributed by atoms with Gasteiger partial charge in [0.15, 0.2) is 10.6 Å². The first-order valence-corrected chi connectivity index (χ1v) is 10.2. The van der Waals surface area contributed by atoms with E-state index in [0.717, 1.165) is 16.4 Å². The smallest absolute Gasteiger partial charge is 0.166 e. The van der Waals surface area contributed by atoms with E-state index in [0.29, 0.717) is 22.1 Å². The van der Waals surface area contributed by atoms with Crippen LogP contribution in [0.2, 0.25) is 0 Å². The summed E-state index contributed by atoms with van der Waals surface area (Å²) in [5.74, 6) is -0.354. The van der Waals surface area contributed by atoms with Crippen molar-refractivity contribution < 1.29 is 9.50 Å². The maximum atomic E-state index is 13.7.